The Morgan fingerprint density at radius 2 is 2.04 bits per heavy atom. The number of hydrogen-bond donors (Lipinski definition) is 0. The minimum atomic E-state index is 0.0283. The molecular formula is C19H24N4O2. The van der Waals surface area contributed by atoms with Gasteiger partial charge in [0, 0.05) is 30.1 Å². The summed E-state index contributed by atoms with van der Waals surface area (Å²) in [7, 11) is 0. The second kappa shape index (κ2) is 5.88. The Labute approximate surface area is 147 Å². The van der Waals surface area contributed by atoms with Gasteiger partial charge in [0.1, 0.15) is 5.76 Å². The van der Waals surface area contributed by atoms with Gasteiger partial charge in [-0.15, -0.1) is 5.10 Å². The van der Waals surface area contributed by atoms with Crippen LogP contribution in [0.5, 0.6) is 0 Å². The van der Waals surface area contributed by atoms with Crippen LogP contribution in [-0.2, 0) is 10.3 Å². The molecule has 1 unspecified atom stereocenters. The van der Waals surface area contributed by atoms with Crippen molar-refractivity contribution >= 4 is 0 Å². The predicted octanol–water partition coefficient (Wildman–Crippen LogP) is 4.03. The van der Waals surface area contributed by atoms with E-state index in [0.29, 0.717) is 18.2 Å². The van der Waals surface area contributed by atoms with E-state index < -0.39 is 0 Å². The fourth-order valence-electron chi connectivity index (χ4n) is 3.09. The number of aromatic nitrogens is 4. The highest BCUT2D eigenvalue weighted by atomic mass is 16.5. The van der Waals surface area contributed by atoms with Crippen LogP contribution < -0.4 is 0 Å². The Hall–Kier alpha value is -2.34. The highest BCUT2D eigenvalue weighted by Crippen LogP contribution is 2.30. The van der Waals surface area contributed by atoms with Crippen molar-refractivity contribution in [3.63, 3.8) is 0 Å². The van der Waals surface area contributed by atoms with Crippen molar-refractivity contribution in [2.24, 2.45) is 0 Å². The van der Waals surface area contributed by atoms with Crippen LogP contribution in [0.25, 0.3) is 23.0 Å². The Kier molecular flexibility index (Phi) is 3.80. The van der Waals surface area contributed by atoms with Gasteiger partial charge in [0.15, 0.2) is 11.6 Å². The van der Waals surface area contributed by atoms with E-state index in [2.05, 4.69) is 43.8 Å². The van der Waals surface area contributed by atoms with Crippen molar-refractivity contribution in [3.8, 4) is 23.0 Å². The lowest BCUT2D eigenvalue weighted by molar-refractivity contribution is 0.185. The van der Waals surface area contributed by atoms with E-state index in [1.165, 1.54) is 0 Å². The third kappa shape index (κ3) is 3.02. The SMILES string of the molecule is Cc1ccc(-c2nc(-c3ccn(C(C)(C)C)c3)n(C3CCOC3)n2)o1. The first-order valence-electron chi connectivity index (χ1n) is 8.72. The van der Waals surface area contributed by atoms with Gasteiger partial charge in [0.2, 0.25) is 5.82 Å². The monoisotopic (exact) mass is 340 g/mol. The molecule has 0 spiro atoms. The summed E-state index contributed by atoms with van der Waals surface area (Å²) < 4.78 is 15.5. The van der Waals surface area contributed by atoms with Gasteiger partial charge >= 0.3 is 0 Å². The summed E-state index contributed by atoms with van der Waals surface area (Å²) in [4.78, 5) is 4.79. The van der Waals surface area contributed by atoms with Gasteiger partial charge in [-0.25, -0.2) is 9.67 Å². The van der Waals surface area contributed by atoms with Gasteiger partial charge in [-0.1, -0.05) is 0 Å². The fraction of sp³-hybridized carbons (Fsp3) is 0.474. The minimum Gasteiger partial charge on any atom is -0.458 e. The van der Waals surface area contributed by atoms with Crippen molar-refractivity contribution in [1.29, 1.82) is 0 Å². The average Bonchev–Trinajstić information content (AvgIpc) is 3.32. The van der Waals surface area contributed by atoms with Gasteiger partial charge in [-0.2, -0.15) is 0 Å². The third-order valence-electron chi connectivity index (χ3n) is 4.57. The van der Waals surface area contributed by atoms with Crippen molar-refractivity contribution in [2.45, 2.75) is 45.7 Å². The molecular weight excluding hydrogens is 316 g/mol. The smallest absolute Gasteiger partial charge is 0.217 e. The Morgan fingerprint density at radius 3 is 2.64 bits per heavy atom. The molecule has 1 saturated heterocycles. The molecule has 3 aromatic heterocycles. The quantitative estimate of drug-likeness (QED) is 0.722. The topological polar surface area (TPSA) is 58.0 Å². The molecule has 0 aromatic carbocycles. The molecule has 4 rings (SSSR count). The molecule has 0 N–H and O–H groups in total. The van der Waals surface area contributed by atoms with Crippen LogP contribution in [0.15, 0.2) is 35.0 Å². The maximum Gasteiger partial charge on any atom is 0.217 e. The maximum atomic E-state index is 5.72. The Balaban J connectivity index is 1.79. The first-order chi connectivity index (χ1) is 11.9. The summed E-state index contributed by atoms with van der Waals surface area (Å²) in [5.41, 5.74) is 1.09. The zero-order valence-electron chi connectivity index (χ0n) is 15.2. The van der Waals surface area contributed by atoms with E-state index >= 15 is 0 Å². The second-order valence-electron chi connectivity index (χ2n) is 7.61. The van der Waals surface area contributed by atoms with Crippen molar-refractivity contribution in [2.75, 3.05) is 13.2 Å². The molecule has 132 valence electrons. The lowest BCUT2D eigenvalue weighted by atomic mass is 10.1. The predicted molar refractivity (Wildman–Crippen MR) is 95.4 cm³/mol. The van der Waals surface area contributed by atoms with Crippen LogP contribution in [-0.4, -0.2) is 32.5 Å². The number of rotatable bonds is 3. The molecule has 1 aliphatic heterocycles. The molecule has 0 radical (unpaired) electrons. The number of hydrogen-bond acceptors (Lipinski definition) is 4. The molecule has 4 heterocycles. The van der Waals surface area contributed by atoms with Crippen LogP contribution in [0.3, 0.4) is 0 Å². The summed E-state index contributed by atoms with van der Waals surface area (Å²) in [6.45, 7) is 9.92. The summed E-state index contributed by atoms with van der Waals surface area (Å²) in [5, 5.41) is 4.75. The first-order valence-corrected chi connectivity index (χ1v) is 8.72. The summed E-state index contributed by atoms with van der Waals surface area (Å²) in [6.07, 6.45) is 5.18. The minimum absolute atomic E-state index is 0.0283. The van der Waals surface area contributed by atoms with Crippen LogP contribution in [0, 0.1) is 6.92 Å². The largest absolute Gasteiger partial charge is 0.458 e. The van der Waals surface area contributed by atoms with Crippen molar-refractivity contribution < 1.29 is 9.15 Å². The highest BCUT2D eigenvalue weighted by molar-refractivity contribution is 5.59. The van der Waals surface area contributed by atoms with Crippen LogP contribution >= 0.6 is 0 Å². The summed E-state index contributed by atoms with van der Waals surface area (Å²) in [5.74, 6) is 3.05. The Morgan fingerprint density at radius 1 is 1.20 bits per heavy atom. The lowest BCUT2D eigenvalue weighted by Gasteiger charge is -2.20. The lowest BCUT2D eigenvalue weighted by Crippen LogP contribution is -2.19. The van der Waals surface area contributed by atoms with Gasteiger partial charge < -0.3 is 13.7 Å². The molecule has 0 aliphatic carbocycles. The number of ether oxygens (including phenoxy) is 1. The molecule has 1 atom stereocenters. The molecule has 0 bridgehead atoms. The summed E-state index contributed by atoms with van der Waals surface area (Å²) >= 11 is 0. The van der Waals surface area contributed by atoms with E-state index in [4.69, 9.17) is 19.2 Å². The van der Waals surface area contributed by atoms with Gasteiger partial charge in [-0.3, -0.25) is 0 Å². The Bertz CT molecular complexity index is 876. The maximum absolute atomic E-state index is 5.72. The van der Waals surface area contributed by atoms with Gasteiger partial charge in [0.05, 0.1) is 12.6 Å². The zero-order valence-corrected chi connectivity index (χ0v) is 15.2. The third-order valence-corrected chi connectivity index (χ3v) is 4.57. The van der Waals surface area contributed by atoms with E-state index in [0.717, 1.165) is 30.2 Å². The molecule has 0 saturated carbocycles. The van der Waals surface area contributed by atoms with Crippen molar-refractivity contribution in [1.82, 2.24) is 19.3 Å². The fourth-order valence-corrected chi connectivity index (χ4v) is 3.09. The summed E-state index contributed by atoms with van der Waals surface area (Å²) in [6, 6.07) is 6.17. The highest BCUT2D eigenvalue weighted by Gasteiger charge is 2.26. The van der Waals surface area contributed by atoms with Crippen molar-refractivity contribution in [3.05, 3.63) is 36.4 Å². The van der Waals surface area contributed by atoms with E-state index in [-0.39, 0.29) is 11.6 Å². The molecule has 6 nitrogen and oxygen atoms in total. The number of nitrogens with zero attached hydrogens (tertiary/aromatic N) is 4. The number of furan rings is 1. The van der Waals surface area contributed by atoms with E-state index in [1.54, 1.807) is 0 Å². The van der Waals surface area contributed by atoms with Gasteiger partial charge in [-0.05, 0) is 52.3 Å². The van der Waals surface area contributed by atoms with Gasteiger partial charge in [0.25, 0.3) is 0 Å². The molecule has 1 aliphatic rings. The molecule has 25 heavy (non-hydrogen) atoms. The van der Waals surface area contributed by atoms with Crippen LogP contribution in [0.1, 0.15) is 39.0 Å². The first kappa shape index (κ1) is 16.1. The van der Waals surface area contributed by atoms with Crippen LogP contribution in [0.4, 0.5) is 0 Å². The second-order valence-corrected chi connectivity index (χ2v) is 7.61. The molecule has 1 fully saturated rings. The van der Waals surface area contributed by atoms with E-state index in [1.807, 2.05) is 23.7 Å². The van der Waals surface area contributed by atoms with E-state index in [9.17, 15) is 0 Å². The standard InChI is InChI=1S/C19H24N4O2/c1-13-5-6-16(25-13)17-20-18(23(21-17)15-8-10-24-12-15)14-7-9-22(11-14)19(2,3)4/h5-7,9,11,15H,8,10,12H2,1-4H3. The number of aryl methyl sites for hydroxylation is 1. The molecule has 3 aromatic rings. The molecule has 0 amide bonds. The molecule has 6 heteroatoms. The average molecular weight is 340 g/mol. The normalized spacial score (nSPS) is 18.2. The van der Waals surface area contributed by atoms with Crippen LogP contribution in [0.2, 0.25) is 0 Å². The zero-order chi connectivity index (χ0) is 17.6.